The van der Waals surface area contributed by atoms with E-state index >= 15 is 0 Å². The third-order valence-corrected chi connectivity index (χ3v) is 4.50. The average molecular weight is 440 g/mol. The SMILES string of the molecule is CC[C@H](C)Oc1ccc(Cc2ccc(NC3=NCCN3)cc2)cc1.O=C(O)C=CC(=O)O. The second kappa shape index (κ2) is 12.8. The van der Waals surface area contributed by atoms with Gasteiger partial charge in [0.15, 0.2) is 5.96 Å². The molecule has 1 heterocycles. The topological polar surface area (TPSA) is 120 Å². The van der Waals surface area contributed by atoms with Crippen molar-refractivity contribution in [3.05, 3.63) is 71.8 Å². The van der Waals surface area contributed by atoms with Crippen molar-refractivity contribution < 1.29 is 24.5 Å². The molecule has 3 rings (SSSR count). The van der Waals surface area contributed by atoms with Gasteiger partial charge in [-0.25, -0.2) is 9.59 Å². The van der Waals surface area contributed by atoms with E-state index in [-0.39, 0.29) is 6.10 Å². The van der Waals surface area contributed by atoms with E-state index in [9.17, 15) is 9.59 Å². The zero-order valence-corrected chi connectivity index (χ0v) is 18.2. The zero-order valence-electron chi connectivity index (χ0n) is 18.2. The van der Waals surface area contributed by atoms with Gasteiger partial charge < -0.3 is 25.6 Å². The maximum absolute atomic E-state index is 9.55. The van der Waals surface area contributed by atoms with Gasteiger partial charge >= 0.3 is 11.9 Å². The van der Waals surface area contributed by atoms with Crippen LogP contribution in [0.4, 0.5) is 5.69 Å². The summed E-state index contributed by atoms with van der Waals surface area (Å²) in [5, 5.41) is 22.1. The molecule has 0 aromatic heterocycles. The lowest BCUT2D eigenvalue weighted by Crippen LogP contribution is -2.26. The number of guanidine groups is 1. The van der Waals surface area contributed by atoms with E-state index in [1.165, 1.54) is 11.1 Å². The van der Waals surface area contributed by atoms with Crippen LogP contribution in [-0.4, -0.2) is 47.3 Å². The van der Waals surface area contributed by atoms with Gasteiger partial charge in [-0.05, 0) is 55.2 Å². The van der Waals surface area contributed by atoms with Crippen LogP contribution in [0.2, 0.25) is 0 Å². The fraction of sp³-hybridized carbons (Fsp3) is 0.292. The fourth-order valence-electron chi connectivity index (χ4n) is 2.70. The molecule has 4 N–H and O–H groups in total. The highest BCUT2D eigenvalue weighted by molar-refractivity contribution is 5.94. The summed E-state index contributed by atoms with van der Waals surface area (Å²) in [5.74, 6) is -0.711. The molecule has 0 fully saturated rings. The van der Waals surface area contributed by atoms with Crippen molar-refractivity contribution in [2.45, 2.75) is 32.8 Å². The number of anilines is 1. The van der Waals surface area contributed by atoms with Gasteiger partial charge in [0.1, 0.15) is 5.75 Å². The largest absolute Gasteiger partial charge is 0.491 e. The van der Waals surface area contributed by atoms with Crippen molar-refractivity contribution in [1.82, 2.24) is 5.32 Å². The van der Waals surface area contributed by atoms with E-state index < -0.39 is 11.9 Å². The lowest BCUT2D eigenvalue weighted by atomic mass is 10.0. The number of nitrogens with one attached hydrogen (secondary N) is 2. The molecule has 1 aliphatic rings. The number of aliphatic imine (C=N–C) groups is 1. The minimum absolute atomic E-state index is 0.259. The van der Waals surface area contributed by atoms with E-state index in [4.69, 9.17) is 14.9 Å². The third-order valence-electron chi connectivity index (χ3n) is 4.50. The Labute approximate surface area is 187 Å². The highest BCUT2D eigenvalue weighted by Crippen LogP contribution is 2.18. The summed E-state index contributed by atoms with van der Waals surface area (Å²) in [6.45, 7) is 5.98. The summed E-state index contributed by atoms with van der Waals surface area (Å²) in [5.41, 5.74) is 3.63. The van der Waals surface area contributed by atoms with Crippen molar-refractivity contribution in [3.8, 4) is 5.75 Å². The number of hydrogen-bond donors (Lipinski definition) is 4. The summed E-state index contributed by atoms with van der Waals surface area (Å²) in [6.07, 6.45) is 3.31. The van der Waals surface area contributed by atoms with E-state index in [1.807, 2.05) is 0 Å². The molecule has 0 spiro atoms. The molecule has 0 aliphatic carbocycles. The van der Waals surface area contributed by atoms with E-state index in [0.29, 0.717) is 12.2 Å². The van der Waals surface area contributed by atoms with Gasteiger partial charge in [-0.1, -0.05) is 31.2 Å². The van der Waals surface area contributed by atoms with Gasteiger partial charge in [-0.3, -0.25) is 4.99 Å². The highest BCUT2D eigenvalue weighted by Gasteiger charge is 2.05. The normalized spacial score (nSPS) is 13.4. The van der Waals surface area contributed by atoms with Gasteiger partial charge in [0, 0.05) is 24.4 Å². The van der Waals surface area contributed by atoms with Crippen LogP contribution in [0, 0.1) is 0 Å². The molecule has 1 atom stereocenters. The Bertz CT molecular complexity index is 921. The molecule has 1 aliphatic heterocycles. The molecule has 170 valence electrons. The molecule has 0 amide bonds. The van der Waals surface area contributed by atoms with Gasteiger partial charge in [0.2, 0.25) is 0 Å². The average Bonchev–Trinajstić information content (AvgIpc) is 3.28. The number of nitrogens with zero attached hydrogens (tertiary/aromatic N) is 1. The monoisotopic (exact) mass is 439 g/mol. The van der Waals surface area contributed by atoms with Crippen LogP contribution in [0.5, 0.6) is 5.75 Å². The van der Waals surface area contributed by atoms with Crippen LogP contribution in [0.3, 0.4) is 0 Å². The van der Waals surface area contributed by atoms with Crippen molar-refractivity contribution >= 4 is 23.6 Å². The Morgan fingerprint density at radius 2 is 1.62 bits per heavy atom. The number of carboxylic acid groups (broad SMARTS) is 2. The minimum atomic E-state index is -1.26. The van der Waals surface area contributed by atoms with E-state index in [0.717, 1.165) is 43.3 Å². The predicted molar refractivity (Wildman–Crippen MR) is 124 cm³/mol. The Hall–Kier alpha value is -3.81. The standard InChI is InChI=1S/C20H25N3O.C4H4O4/c1-3-15(2)24-19-10-6-17(7-11-19)14-16-4-8-18(9-5-16)23-20-21-12-13-22-20;5-3(6)1-2-4(7)8/h4-11,15H,3,12-14H2,1-2H3,(H2,21,22,23);1-2H,(H,5,6)(H,7,8)/t15-;/m0./s1. The fourth-order valence-corrected chi connectivity index (χ4v) is 2.70. The molecular formula is C24H29N3O5. The molecule has 0 saturated heterocycles. The smallest absolute Gasteiger partial charge is 0.328 e. The first kappa shape index (κ1) is 24.5. The molecule has 0 radical (unpaired) electrons. The number of aliphatic carboxylic acids is 2. The van der Waals surface area contributed by atoms with Crippen molar-refractivity contribution in [2.24, 2.45) is 4.99 Å². The van der Waals surface area contributed by atoms with Crippen LogP contribution in [0.1, 0.15) is 31.4 Å². The first-order valence-corrected chi connectivity index (χ1v) is 10.4. The molecule has 0 saturated carbocycles. The van der Waals surface area contributed by atoms with E-state index in [2.05, 4.69) is 78.0 Å². The van der Waals surface area contributed by atoms with Crippen LogP contribution in [0.15, 0.2) is 65.7 Å². The van der Waals surface area contributed by atoms with Gasteiger partial charge in [-0.2, -0.15) is 0 Å². The Balaban J connectivity index is 0.000000390. The summed E-state index contributed by atoms with van der Waals surface area (Å²) < 4.78 is 5.82. The molecule has 32 heavy (non-hydrogen) atoms. The Morgan fingerprint density at radius 3 is 2.09 bits per heavy atom. The van der Waals surface area contributed by atoms with Crippen LogP contribution in [0.25, 0.3) is 0 Å². The van der Waals surface area contributed by atoms with Gasteiger partial charge in [0.05, 0.1) is 12.6 Å². The highest BCUT2D eigenvalue weighted by atomic mass is 16.5. The number of carboxylic acids is 2. The first-order chi connectivity index (χ1) is 15.4. The zero-order chi connectivity index (χ0) is 23.3. The number of benzene rings is 2. The molecule has 8 heteroatoms. The number of carbonyl (C=O) groups is 2. The maximum atomic E-state index is 9.55. The molecule has 0 bridgehead atoms. The first-order valence-electron chi connectivity index (χ1n) is 10.4. The summed E-state index contributed by atoms with van der Waals surface area (Å²) >= 11 is 0. The minimum Gasteiger partial charge on any atom is -0.491 e. The van der Waals surface area contributed by atoms with Crippen molar-refractivity contribution in [2.75, 3.05) is 18.4 Å². The lowest BCUT2D eigenvalue weighted by molar-refractivity contribution is -0.134. The van der Waals surface area contributed by atoms with Crippen LogP contribution >= 0.6 is 0 Å². The Kier molecular flexibility index (Phi) is 9.77. The van der Waals surface area contributed by atoms with Crippen LogP contribution in [-0.2, 0) is 16.0 Å². The molecule has 2 aromatic rings. The lowest BCUT2D eigenvalue weighted by Gasteiger charge is -2.13. The summed E-state index contributed by atoms with van der Waals surface area (Å²) in [7, 11) is 0. The molecular weight excluding hydrogens is 410 g/mol. The van der Waals surface area contributed by atoms with Crippen molar-refractivity contribution in [1.29, 1.82) is 0 Å². The predicted octanol–water partition coefficient (Wildman–Crippen LogP) is 3.54. The number of hydrogen-bond acceptors (Lipinski definition) is 6. The molecule has 8 nitrogen and oxygen atoms in total. The molecule has 0 unspecified atom stereocenters. The van der Waals surface area contributed by atoms with E-state index in [1.54, 1.807) is 0 Å². The number of ether oxygens (including phenoxy) is 1. The van der Waals surface area contributed by atoms with Crippen LogP contribution < -0.4 is 15.4 Å². The third kappa shape index (κ3) is 9.34. The second-order valence-electron chi connectivity index (χ2n) is 7.15. The maximum Gasteiger partial charge on any atom is 0.328 e. The van der Waals surface area contributed by atoms with Gasteiger partial charge in [-0.15, -0.1) is 0 Å². The quantitative estimate of drug-likeness (QED) is 0.464. The summed E-state index contributed by atoms with van der Waals surface area (Å²) in [6, 6.07) is 16.9. The second-order valence-corrected chi connectivity index (χ2v) is 7.15. The van der Waals surface area contributed by atoms with Crippen molar-refractivity contribution in [3.63, 3.8) is 0 Å². The summed E-state index contributed by atoms with van der Waals surface area (Å²) in [4.78, 5) is 23.4. The Morgan fingerprint density at radius 1 is 1.06 bits per heavy atom. The van der Waals surface area contributed by atoms with Gasteiger partial charge in [0.25, 0.3) is 0 Å². The molecule has 2 aromatic carbocycles. The number of rotatable bonds is 8.